The molecule has 0 fully saturated rings. The van der Waals surface area contributed by atoms with Gasteiger partial charge in [0.05, 0.1) is 18.2 Å². The van der Waals surface area contributed by atoms with Crippen LogP contribution in [0.15, 0.2) is 53.5 Å². The maximum Gasteiger partial charge on any atom is 0.416 e. The lowest BCUT2D eigenvalue weighted by Crippen LogP contribution is -2.45. The molecule has 0 radical (unpaired) electrons. The Morgan fingerprint density at radius 2 is 1.35 bits per heavy atom. The molecule has 1 aliphatic rings. The van der Waals surface area contributed by atoms with Crippen molar-refractivity contribution in [3.63, 3.8) is 0 Å². The van der Waals surface area contributed by atoms with Crippen LogP contribution >= 0.6 is 0 Å². The number of hydrogen-bond acceptors (Lipinski definition) is 6. The number of rotatable bonds is 6. The number of esters is 2. The molecule has 1 N–H and O–H groups in total. The monoisotopic (exact) mass is 574 g/mol. The molecule has 0 saturated carbocycles. The SMILES string of the molecule is CC(C)C1N=C(c2ccc(C(F)(F)F)cc2)OC1=O.COC(=O)C(NC(=O)c1ccc(C(F)(F)F)cc1)C(C)C. The summed E-state index contributed by atoms with van der Waals surface area (Å²) >= 11 is 0. The molecule has 3 rings (SSSR count). The molecule has 2 unspecified atom stereocenters. The molecule has 0 aliphatic carbocycles. The second kappa shape index (κ2) is 13.0. The molecule has 1 heterocycles. The van der Waals surface area contributed by atoms with Crippen LogP contribution in [0.5, 0.6) is 0 Å². The zero-order chi connectivity index (χ0) is 30.4. The fraction of sp³-hybridized carbons (Fsp3) is 0.407. The van der Waals surface area contributed by atoms with E-state index in [1.165, 1.54) is 19.2 Å². The van der Waals surface area contributed by atoms with Gasteiger partial charge in [-0.25, -0.2) is 14.6 Å². The summed E-state index contributed by atoms with van der Waals surface area (Å²) in [6, 6.07) is 6.69. The predicted octanol–water partition coefficient (Wildman–Crippen LogP) is 5.67. The molecule has 0 spiro atoms. The van der Waals surface area contributed by atoms with Gasteiger partial charge in [-0.3, -0.25) is 4.79 Å². The number of halogens is 6. The normalized spacial score (nSPS) is 16.1. The first kappa shape index (κ1) is 32.3. The highest BCUT2D eigenvalue weighted by Gasteiger charge is 2.34. The number of benzene rings is 2. The van der Waals surface area contributed by atoms with Crippen molar-refractivity contribution >= 4 is 23.7 Å². The number of methoxy groups -OCH3 is 1. The summed E-state index contributed by atoms with van der Waals surface area (Å²) in [6.07, 6.45) is -8.84. The highest BCUT2D eigenvalue weighted by molar-refractivity contribution is 6.06. The van der Waals surface area contributed by atoms with Crippen LogP contribution in [0.3, 0.4) is 0 Å². The fourth-order valence-corrected chi connectivity index (χ4v) is 3.38. The number of cyclic esters (lactones) is 1. The van der Waals surface area contributed by atoms with Crippen molar-refractivity contribution in [3.05, 3.63) is 70.8 Å². The molecular formula is C27H28F6N2O5. The Labute approximate surface area is 226 Å². The van der Waals surface area contributed by atoms with Crippen molar-refractivity contribution in [3.8, 4) is 0 Å². The molecule has 7 nitrogen and oxygen atoms in total. The molecule has 0 saturated heterocycles. The maximum atomic E-state index is 12.4. The minimum absolute atomic E-state index is 0.0144. The Bertz CT molecular complexity index is 1220. The Balaban J connectivity index is 0.000000281. The molecule has 2 aromatic rings. The van der Waals surface area contributed by atoms with E-state index in [9.17, 15) is 40.7 Å². The summed E-state index contributed by atoms with van der Waals surface area (Å²) in [7, 11) is 1.20. The van der Waals surface area contributed by atoms with Crippen molar-refractivity contribution in [2.75, 3.05) is 7.11 Å². The average Bonchev–Trinajstić information content (AvgIpc) is 3.28. The molecule has 218 valence electrons. The Morgan fingerprint density at radius 1 is 0.875 bits per heavy atom. The van der Waals surface area contributed by atoms with Gasteiger partial charge in [0, 0.05) is 11.1 Å². The van der Waals surface area contributed by atoms with Crippen molar-refractivity contribution < 1.29 is 50.2 Å². The van der Waals surface area contributed by atoms with Gasteiger partial charge in [-0.15, -0.1) is 0 Å². The minimum atomic E-state index is -4.46. The van der Waals surface area contributed by atoms with Gasteiger partial charge in [-0.2, -0.15) is 26.3 Å². The van der Waals surface area contributed by atoms with E-state index in [2.05, 4.69) is 15.0 Å². The second-order valence-corrected chi connectivity index (χ2v) is 9.41. The van der Waals surface area contributed by atoms with Crippen molar-refractivity contribution in [2.45, 2.75) is 52.1 Å². The van der Waals surface area contributed by atoms with Crippen LogP contribution in [0.2, 0.25) is 0 Å². The van der Waals surface area contributed by atoms with Gasteiger partial charge < -0.3 is 14.8 Å². The standard InChI is InChI=1S/C14H16F3NO3.C13H12F3NO2/c1-8(2)11(13(20)21-3)18-12(19)9-4-6-10(7-5-9)14(15,16)17;1-7(2)10-12(18)19-11(17-10)8-3-5-9(6-4-8)13(14,15)16/h4-8,11H,1-3H3,(H,18,19);3-7,10H,1-2H3. The Kier molecular flexibility index (Phi) is 10.5. The van der Waals surface area contributed by atoms with Gasteiger partial charge in [-0.05, 0) is 60.4 Å². The molecule has 2 atom stereocenters. The highest BCUT2D eigenvalue weighted by atomic mass is 19.4. The smallest absolute Gasteiger partial charge is 0.416 e. The zero-order valence-corrected chi connectivity index (χ0v) is 22.2. The first-order chi connectivity index (χ1) is 18.4. The summed E-state index contributed by atoms with van der Waals surface area (Å²) in [6.45, 7) is 7.08. The third kappa shape index (κ3) is 8.55. The summed E-state index contributed by atoms with van der Waals surface area (Å²) in [5.74, 6) is -1.85. The summed E-state index contributed by atoms with van der Waals surface area (Å²) < 4.78 is 84.1. The number of ether oxygens (including phenoxy) is 2. The van der Waals surface area contributed by atoms with Gasteiger partial charge in [0.2, 0.25) is 5.90 Å². The van der Waals surface area contributed by atoms with Crippen LogP contribution in [0, 0.1) is 11.8 Å². The van der Waals surface area contributed by atoms with E-state index in [0.717, 1.165) is 36.4 Å². The Morgan fingerprint density at radius 3 is 1.73 bits per heavy atom. The summed E-state index contributed by atoms with van der Waals surface area (Å²) in [5.41, 5.74) is -1.18. The van der Waals surface area contributed by atoms with E-state index >= 15 is 0 Å². The van der Waals surface area contributed by atoms with Crippen LogP contribution in [0.1, 0.15) is 54.7 Å². The van der Waals surface area contributed by atoms with E-state index in [0.29, 0.717) is 5.56 Å². The third-order valence-electron chi connectivity index (χ3n) is 5.67. The van der Waals surface area contributed by atoms with Gasteiger partial charge in [0.25, 0.3) is 5.91 Å². The molecule has 13 heteroatoms. The first-order valence-corrected chi connectivity index (χ1v) is 12.0. The van der Waals surface area contributed by atoms with Crippen molar-refractivity contribution in [1.29, 1.82) is 0 Å². The number of amides is 1. The van der Waals surface area contributed by atoms with Gasteiger partial charge >= 0.3 is 24.3 Å². The number of nitrogens with one attached hydrogen (secondary N) is 1. The molecule has 0 aromatic heterocycles. The fourth-order valence-electron chi connectivity index (χ4n) is 3.38. The lowest BCUT2D eigenvalue weighted by molar-refractivity contribution is -0.144. The van der Waals surface area contributed by atoms with E-state index in [1.807, 2.05) is 13.8 Å². The number of hydrogen-bond donors (Lipinski definition) is 1. The van der Waals surface area contributed by atoms with Crippen LogP contribution in [-0.4, -0.2) is 42.9 Å². The van der Waals surface area contributed by atoms with Gasteiger partial charge in [0.1, 0.15) is 6.04 Å². The number of aliphatic imine (C=N–C) groups is 1. The number of nitrogens with zero attached hydrogens (tertiary/aromatic N) is 1. The van der Waals surface area contributed by atoms with Crippen LogP contribution in [0.4, 0.5) is 26.3 Å². The molecule has 40 heavy (non-hydrogen) atoms. The van der Waals surface area contributed by atoms with Crippen molar-refractivity contribution in [1.82, 2.24) is 5.32 Å². The average molecular weight is 575 g/mol. The lowest BCUT2D eigenvalue weighted by Gasteiger charge is -2.19. The lowest BCUT2D eigenvalue weighted by atomic mass is 10.0. The third-order valence-corrected chi connectivity index (χ3v) is 5.67. The number of carbonyl (C=O) groups is 3. The van der Waals surface area contributed by atoms with E-state index < -0.39 is 53.4 Å². The van der Waals surface area contributed by atoms with Crippen LogP contribution in [-0.2, 0) is 31.4 Å². The van der Waals surface area contributed by atoms with E-state index in [4.69, 9.17) is 4.74 Å². The maximum absolute atomic E-state index is 12.4. The predicted molar refractivity (Wildman–Crippen MR) is 132 cm³/mol. The quantitative estimate of drug-likeness (QED) is 0.355. The van der Waals surface area contributed by atoms with Crippen LogP contribution < -0.4 is 5.32 Å². The van der Waals surface area contributed by atoms with Crippen LogP contribution in [0.25, 0.3) is 0 Å². The van der Waals surface area contributed by atoms with Gasteiger partial charge in [0.15, 0.2) is 6.04 Å². The highest BCUT2D eigenvalue weighted by Crippen LogP contribution is 2.30. The number of carbonyl (C=O) groups excluding carboxylic acids is 3. The second-order valence-electron chi connectivity index (χ2n) is 9.41. The molecule has 2 aromatic carbocycles. The minimum Gasteiger partial charge on any atom is -0.467 e. The topological polar surface area (TPSA) is 94.1 Å². The molecule has 1 aliphatic heterocycles. The summed E-state index contributed by atoms with van der Waals surface area (Å²) in [4.78, 5) is 39.1. The van der Waals surface area contributed by atoms with E-state index in [1.54, 1.807) is 13.8 Å². The first-order valence-electron chi connectivity index (χ1n) is 12.0. The largest absolute Gasteiger partial charge is 0.467 e. The summed E-state index contributed by atoms with van der Waals surface area (Å²) in [5, 5.41) is 2.45. The molecule has 1 amide bonds. The molecular weight excluding hydrogens is 546 g/mol. The molecule has 0 bridgehead atoms. The van der Waals surface area contributed by atoms with E-state index in [-0.39, 0.29) is 23.3 Å². The Hall–Kier alpha value is -3.90. The zero-order valence-electron chi connectivity index (χ0n) is 22.2. The van der Waals surface area contributed by atoms with Gasteiger partial charge in [-0.1, -0.05) is 27.7 Å². The van der Waals surface area contributed by atoms with Crippen molar-refractivity contribution in [2.24, 2.45) is 16.8 Å². The number of alkyl halides is 6.